The molecule has 0 aromatic heterocycles. The van der Waals surface area contributed by atoms with E-state index < -0.39 is 11.9 Å². The third-order valence-corrected chi connectivity index (χ3v) is 3.17. The molecule has 1 atom stereocenters. The highest BCUT2D eigenvalue weighted by Gasteiger charge is 2.21. The lowest BCUT2D eigenvalue weighted by molar-refractivity contribution is -0.143. The Bertz CT molecular complexity index is 494. The van der Waals surface area contributed by atoms with Crippen molar-refractivity contribution in [2.24, 2.45) is 11.8 Å². The molecule has 0 aliphatic carbocycles. The molecule has 1 rings (SSSR count). The molecule has 1 aromatic rings. The Morgan fingerprint density at radius 1 is 1.30 bits per heavy atom. The van der Waals surface area contributed by atoms with Gasteiger partial charge >= 0.3 is 5.97 Å². The molecule has 0 bridgehead atoms. The highest BCUT2D eigenvalue weighted by Crippen LogP contribution is 2.11. The average molecular weight is 296 g/mol. The van der Waals surface area contributed by atoms with Gasteiger partial charge in [0.1, 0.15) is 0 Å². The van der Waals surface area contributed by atoms with E-state index in [1.165, 1.54) is 6.08 Å². The second-order valence-electron chi connectivity index (χ2n) is 4.82. The van der Waals surface area contributed by atoms with Crippen LogP contribution in [0.5, 0.6) is 0 Å². The van der Waals surface area contributed by atoms with Gasteiger partial charge in [0.25, 0.3) is 0 Å². The molecule has 2 N–H and O–H groups in total. The topological polar surface area (TPSA) is 66.4 Å². The molecule has 0 saturated carbocycles. The number of carboxylic acid groups (broad SMARTS) is 1. The number of carbonyl (C=O) groups excluding carboxylic acids is 1. The molecule has 20 heavy (non-hydrogen) atoms. The highest BCUT2D eigenvalue weighted by atomic mass is 35.5. The Morgan fingerprint density at radius 3 is 2.40 bits per heavy atom. The van der Waals surface area contributed by atoms with Gasteiger partial charge in [-0.05, 0) is 29.7 Å². The first kappa shape index (κ1) is 16.2. The minimum absolute atomic E-state index is 0.0342. The highest BCUT2D eigenvalue weighted by molar-refractivity contribution is 6.30. The predicted octanol–water partition coefficient (Wildman–Crippen LogP) is 2.83. The zero-order valence-corrected chi connectivity index (χ0v) is 12.2. The maximum Gasteiger partial charge on any atom is 0.308 e. The van der Waals surface area contributed by atoms with Gasteiger partial charge in [-0.3, -0.25) is 9.59 Å². The molecule has 1 amide bonds. The molecule has 0 fully saturated rings. The molecule has 0 aliphatic rings. The maximum atomic E-state index is 11.6. The Morgan fingerprint density at radius 2 is 1.90 bits per heavy atom. The number of hydrogen-bond acceptors (Lipinski definition) is 2. The fourth-order valence-corrected chi connectivity index (χ4v) is 1.75. The summed E-state index contributed by atoms with van der Waals surface area (Å²) in [5.74, 6) is -1.83. The van der Waals surface area contributed by atoms with E-state index in [0.29, 0.717) is 5.02 Å². The summed E-state index contributed by atoms with van der Waals surface area (Å²) >= 11 is 5.76. The van der Waals surface area contributed by atoms with E-state index in [1.54, 1.807) is 30.3 Å². The molecule has 108 valence electrons. The van der Waals surface area contributed by atoms with Gasteiger partial charge in [-0.25, -0.2) is 0 Å². The summed E-state index contributed by atoms with van der Waals surface area (Å²) in [5.41, 5.74) is 0.850. The van der Waals surface area contributed by atoms with Crippen LogP contribution in [0.3, 0.4) is 0 Å². The van der Waals surface area contributed by atoms with E-state index in [1.807, 2.05) is 13.8 Å². The summed E-state index contributed by atoms with van der Waals surface area (Å²) in [4.78, 5) is 22.6. The van der Waals surface area contributed by atoms with Crippen LogP contribution in [0.25, 0.3) is 6.08 Å². The Balaban J connectivity index is 2.51. The third kappa shape index (κ3) is 5.45. The number of halogens is 1. The molecule has 0 radical (unpaired) electrons. The van der Waals surface area contributed by atoms with Crippen LogP contribution in [-0.2, 0) is 9.59 Å². The maximum absolute atomic E-state index is 11.6. The normalized spacial score (nSPS) is 12.6. The molecule has 0 spiro atoms. The molecular formula is C15H18ClNO3. The van der Waals surface area contributed by atoms with Crippen LogP contribution < -0.4 is 5.32 Å². The largest absolute Gasteiger partial charge is 0.481 e. The number of amides is 1. The first-order valence-corrected chi connectivity index (χ1v) is 6.72. The van der Waals surface area contributed by atoms with E-state index in [2.05, 4.69) is 5.32 Å². The standard InChI is InChI=1S/C15H18ClNO3/c1-10(2)13(15(19)20)9-17-14(18)8-5-11-3-6-12(16)7-4-11/h3-8,10,13H,9H2,1-2H3,(H,17,18)(H,19,20). The lowest BCUT2D eigenvalue weighted by atomic mass is 9.96. The van der Waals surface area contributed by atoms with E-state index >= 15 is 0 Å². The first-order valence-electron chi connectivity index (χ1n) is 6.34. The number of carboxylic acids is 1. The summed E-state index contributed by atoms with van der Waals surface area (Å²) in [6.07, 6.45) is 3.03. The fraction of sp³-hybridized carbons (Fsp3) is 0.333. The van der Waals surface area contributed by atoms with Gasteiger partial charge < -0.3 is 10.4 Å². The minimum Gasteiger partial charge on any atom is -0.481 e. The molecule has 0 heterocycles. The molecule has 0 aliphatic heterocycles. The zero-order chi connectivity index (χ0) is 15.1. The Labute approximate surface area is 123 Å². The number of carbonyl (C=O) groups is 2. The first-order chi connectivity index (χ1) is 9.40. The van der Waals surface area contributed by atoms with Crippen molar-refractivity contribution in [3.05, 3.63) is 40.9 Å². The number of hydrogen-bond donors (Lipinski definition) is 2. The van der Waals surface area contributed by atoms with Gasteiger partial charge in [0.05, 0.1) is 5.92 Å². The summed E-state index contributed by atoms with van der Waals surface area (Å²) in [6, 6.07) is 7.05. The number of aliphatic carboxylic acids is 1. The number of benzene rings is 1. The van der Waals surface area contributed by atoms with Crippen molar-refractivity contribution < 1.29 is 14.7 Å². The molecular weight excluding hydrogens is 278 g/mol. The third-order valence-electron chi connectivity index (χ3n) is 2.92. The van der Waals surface area contributed by atoms with E-state index in [0.717, 1.165) is 5.56 Å². The summed E-state index contributed by atoms with van der Waals surface area (Å²) in [5, 5.41) is 12.2. The Kier molecular flexibility index (Phi) is 6.25. The van der Waals surface area contributed by atoms with Crippen molar-refractivity contribution >= 4 is 29.6 Å². The molecule has 0 saturated heterocycles. The lowest BCUT2D eigenvalue weighted by Crippen LogP contribution is -2.34. The van der Waals surface area contributed by atoms with Gasteiger partial charge in [0.15, 0.2) is 0 Å². The minimum atomic E-state index is -0.901. The van der Waals surface area contributed by atoms with Crippen LogP contribution in [0.4, 0.5) is 0 Å². The molecule has 5 heteroatoms. The van der Waals surface area contributed by atoms with Crippen LogP contribution in [-0.4, -0.2) is 23.5 Å². The van der Waals surface area contributed by atoms with Crippen LogP contribution in [0.1, 0.15) is 19.4 Å². The van der Waals surface area contributed by atoms with Crippen LogP contribution in [0.15, 0.2) is 30.3 Å². The summed E-state index contributed by atoms with van der Waals surface area (Å²) < 4.78 is 0. The molecule has 4 nitrogen and oxygen atoms in total. The second kappa shape index (κ2) is 7.70. The van der Waals surface area contributed by atoms with Crippen molar-refractivity contribution in [2.45, 2.75) is 13.8 Å². The Hall–Kier alpha value is -1.81. The fourth-order valence-electron chi connectivity index (χ4n) is 1.62. The van der Waals surface area contributed by atoms with Crippen molar-refractivity contribution in [3.8, 4) is 0 Å². The van der Waals surface area contributed by atoms with E-state index in [-0.39, 0.29) is 18.4 Å². The lowest BCUT2D eigenvalue weighted by Gasteiger charge is -2.15. The van der Waals surface area contributed by atoms with Crippen molar-refractivity contribution in [2.75, 3.05) is 6.54 Å². The van der Waals surface area contributed by atoms with Gasteiger partial charge in [-0.1, -0.05) is 37.6 Å². The smallest absolute Gasteiger partial charge is 0.308 e. The zero-order valence-electron chi connectivity index (χ0n) is 11.5. The number of nitrogens with one attached hydrogen (secondary N) is 1. The van der Waals surface area contributed by atoms with E-state index in [4.69, 9.17) is 16.7 Å². The van der Waals surface area contributed by atoms with Crippen molar-refractivity contribution in [1.29, 1.82) is 0 Å². The second-order valence-corrected chi connectivity index (χ2v) is 5.26. The summed E-state index contributed by atoms with van der Waals surface area (Å²) in [7, 11) is 0. The predicted molar refractivity (Wildman–Crippen MR) is 79.5 cm³/mol. The van der Waals surface area contributed by atoms with Gasteiger partial charge in [0, 0.05) is 17.6 Å². The van der Waals surface area contributed by atoms with Gasteiger partial charge in [0.2, 0.25) is 5.91 Å². The quantitative estimate of drug-likeness (QED) is 0.793. The summed E-state index contributed by atoms with van der Waals surface area (Å²) in [6.45, 7) is 3.75. The van der Waals surface area contributed by atoms with E-state index in [9.17, 15) is 9.59 Å². The molecule has 1 aromatic carbocycles. The van der Waals surface area contributed by atoms with Crippen LogP contribution in [0.2, 0.25) is 5.02 Å². The van der Waals surface area contributed by atoms with Crippen LogP contribution in [0, 0.1) is 11.8 Å². The van der Waals surface area contributed by atoms with Crippen LogP contribution >= 0.6 is 11.6 Å². The van der Waals surface area contributed by atoms with Gasteiger partial charge in [-0.2, -0.15) is 0 Å². The van der Waals surface area contributed by atoms with Crippen molar-refractivity contribution in [1.82, 2.24) is 5.32 Å². The number of rotatable bonds is 6. The molecule has 1 unspecified atom stereocenters. The van der Waals surface area contributed by atoms with Crippen molar-refractivity contribution in [3.63, 3.8) is 0 Å². The SMILES string of the molecule is CC(C)C(CNC(=O)C=Cc1ccc(Cl)cc1)C(=O)O. The average Bonchev–Trinajstić information content (AvgIpc) is 2.37. The monoisotopic (exact) mass is 295 g/mol. The van der Waals surface area contributed by atoms with Gasteiger partial charge in [-0.15, -0.1) is 0 Å².